The van der Waals surface area contributed by atoms with Gasteiger partial charge in [0.2, 0.25) is 0 Å². The van der Waals surface area contributed by atoms with Crippen molar-refractivity contribution in [1.29, 1.82) is 0 Å². The van der Waals surface area contributed by atoms with Gasteiger partial charge in [-0.05, 0) is 23.8 Å². The summed E-state index contributed by atoms with van der Waals surface area (Å²) >= 11 is 0. The van der Waals surface area contributed by atoms with Gasteiger partial charge in [-0.25, -0.2) is 13.6 Å². The van der Waals surface area contributed by atoms with Crippen LogP contribution in [-0.2, 0) is 14.3 Å². The molecule has 1 rings (SSSR count). The third kappa shape index (κ3) is 3.46. The Morgan fingerprint density at radius 2 is 2.00 bits per heavy atom. The molecule has 1 N–H and O–H groups in total. The summed E-state index contributed by atoms with van der Waals surface area (Å²) in [4.78, 5) is 22.3. The van der Waals surface area contributed by atoms with Gasteiger partial charge in [-0.3, -0.25) is 4.79 Å². The van der Waals surface area contributed by atoms with Crippen molar-refractivity contribution in [1.82, 2.24) is 0 Å². The molecule has 1 aromatic carbocycles. The number of benzene rings is 1. The van der Waals surface area contributed by atoms with Crippen molar-refractivity contribution in [3.63, 3.8) is 0 Å². The van der Waals surface area contributed by atoms with Crippen molar-refractivity contribution in [3.05, 3.63) is 41.0 Å². The number of carboxylic acids is 1. The molecule has 0 amide bonds. The van der Waals surface area contributed by atoms with Crippen molar-refractivity contribution in [2.24, 2.45) is 0 Å². The summed E-state index contributed by atoms with van der Waals surface area (Å²) in [5, 5.41) is 8.84. The minimum atomic E-state index is -1.46. The maximum absolute atomic E-state index is 12.9. The lowest BCUT2D eigenvalue weighted by Gasteiger charge is -2.01. The number of methoxy groups -OCH3 is 1. The highest BCUT2D eigenvalue weighted by Crippen LogP contribution is 2.13. The molecule has 0 spiro atoms. The lowest BCUT2D eigenvalue weighted by Crippen LogP contribution is -2.16. The number of Topliss-reactive ketones (excluding diaryl/α,β-unsaturated/α-hetero) is 1. The van der Waals surface area contributed by atoms with E-state index in [-0.39, 0.29) is 5.56 Å². The van der Waals surface area contributed by atoms with E-state index in [1.807, 2.05) is 0 Å². The number of hydrogen-bond donors (Lipinski definition) is 1. The summed E-state index contributed by atoms with van der Waals surface area (Å²) in [7, 11) is 1.24. The molecular weight excluding hydrogens is 246 g/mol. The van der Waals surface area contributed by atoms with Gasteiger partial charge in [-0.2, -0.15) is 0 Å². The van der Waals surface area contributed by atoms with Crippen LogP contribution in [0.15, 0.2) is 23.8 Å². The Morgan fingerprint density at radius 3 is 2.50 bits per heavy atom. The molecule has 0 heterocycles. The lowest BCUT2D eigenvalue weighted by molar-refractivity contribution is -0.135. The van der Waals surface area contributed by atoms with Gasteiger partial charge in [0.1, 0.15) is 12.2 Å². The van der Waals surface area contributed by atoms with Crippen LogP contribution >= 0.6 is 0 Å². The van der Waals surface area contributed by atoms with Crippen LogP contribution in [-0.4, -0.2) is 30.6 Å². The minimum absolute atomic E-state index is 0.0794. The number of carbonyl (C=O) groups is 2. The summed E-state index contributed by atoms with van der Waals surface area (Å²) < 4.78 is 30.1. The van der Waals surface area contributed by atoms with E-state index in [1.165, 1.54) is 13.2 Å². The lowest BCUT2D eigenvalue weighted by atomic mass is 10.1. The number of hydrogen-bond acceptors (Lipinski definition) is 3. The highest BCUT2D eigenvalue weighted by Gasteiger charge is 2.17. The maximum Gasteiger partial charge on any atom is 0.339 e. The summed E-state index contributed by atoms with van der Waals surface area (Å²) in [6.07, 6.45) is 0.964. The molecule has 0 aromatic heterocycles. The van der Waals surface area contributed by atoms with E-state index >= 15 is 0 Å². The molecule has 0 aliphatic heterocycles. The fourth-order valence-electron chi connectivity index (χ4n) is 1.24. The third-order valence-corrected chi connectivity index (χ3v) is 2.06. The molecule has 0 atom stereocenters. The average Bonchev–Trinajstić information content (AvgIpc) is 2.30. The Morgan fingerprint density at radius 1 is 1.33 bits per heavy atom. The molecule has 0 saturated carbocycles. The molecule has 6 heteroatoms. The van der Waals surface area contributed by atoms with Gasteiger partial charge in [0.25, 0.3) is 0 Å². The number of ether oxygens (including phenoxy) is 1. The van der Waals surface area contributed by atoms with E-state index in [0.29, 0.717) is 0 Å². The number of carbonyl (C=O) groups excluding carboxylic acids is 1. The molecule has 1 aromatic rings. The first kappa shape index (κ1) is 14.0. The number of aliphatic carboxylic acids is 1. The fourth-order valence-corrected chi connectivity index (χ4v) is 1.24. The van der Waals surface area contributed by atoms with E-state index in [9.17, 15) is 18.4 Å². The molecule has 0 bridgehead atoms. The van der Waals surface area contributed by atoms with Gasteiger partial charge < -0.3 is 9.84 Å². The average molecular weight is 256 g/mol. The highest BCUT2D eigenvalue weighted by atomic mass is 19.2. The summed E-state index contributed by atoms with van der Waals surface area (Å²) in [6.45, 7) is -0.401. The van der Waals surface area contributed by atoms with Gasteiger partial charge >= 0.3 is 5.97 Å². The smallest absolute Gasteiger partial charge is 0.339 e. The van der Waals surface area contributed by atoms with Crippen LogP contribution < -0.4 is 0 Å². The Labute approximate surface area is 101 Å². The fraction of sp³-hybridized carbons (Fsp3) is 0.167. The number of carboxylic acid groups (broad SMARTS) is 1. The zero-order chi connectivity index (χ0) is 13.7. The van der Waals surface area contributed by atoms with Crippen LogP contribution in [0.4, 0.5) is 8.78 Å². The normalized spacial score (nSPS) is 11.4. The van der Waals surface area contributed by atoms with Crippen LogP contribution in [0.3, 0.4) is 0 Å². The number of ketones is 1. The quantitative estimate of drug-likeness (QED) is 0.494. The van der Waals surface area contributed by atoms with E-state index in [2.05, 4.69) is 4.74 Å². The molecular formula is C12H10F2O4. The van der Waals surface area contributed by atoms with Crippen molar-refractivity contribution in [2.75, 3.05) is 13.7 Å². The second kappa shape index (κ2) is 6.02. The Bertz CT molecular complexity index is 509. The molecule has 18 heavy (non-hydrogen) atoms. The Balaban J connectivity index is 3.12. The van der Waals surface area contributed by atoms with E-state index in [0.717, 1.165) is 18.2 Å². The topological polar surface area (TPSA) is 63.6 Å². The van der Waals surface area contributed by atoms with Crippen molar-refractivity contribution in [2.45, 2.75) is 0 Å². The molecule has 0 radical (unpaired) electrons. The second-order valence-electron chi connectivity index (χ2n) is 3.39. The molecule has 4 nitrogen and oxygen atoms in total. The minimum Gasteiger partial charge on any atom is -0.478 e. The molecule has 96 valence electrons. The number of rotatable bonds is 5. The molecule has 0 fully saturated rings. The van der Waals surface area contributed by atoms with E-state index in [1.54, 1.807) is 0 Å². The summed E-state index contributed by atoms with van der Waals surface area (Å²) in [5.41, 5.74) is -0.474. The first-order valence-corrected chi connectivity index (χ1v) is 4.88. The monoisotopic (exact) mass is 256 g/mol. The largest absolute Gasteiger partial charge is 0.478 e. The van der Waals surface area contributed by atoms with Gasteiger partial charge in [-0.15, -0.1) is 0 Å². The van der Waals surface area contributed by atoms with Crippen LogP contribution in [0.1, 0.15) is 5.56 Å². The predicted molar refractivity (Wildman–Crippen MR) is 58.9 cm³/mol. The second-order valence-corrected chi connectivity index (χ2v) is 3.39. The van der Waals surface area contributed by atoms with Crippen LogP contribution in [0.25, 0.3) is 6.08 Å². The Kier molecular flexibility index (Phi) is 4.67. The van der Waals surface area contributed by atoms with Crippen molar-refractivity contribution < 1.29 is 28.2 Å². The van der Waals surface area contributed by atoms with Gasteiger partial charge in [0.05, 0.1) is 0 Å². The van der Waals surface area contributed by atoms with E-state index in [4.69, 9.17) is 5.11 Å². The highest BCUT2D eigenvalue weighted by molar-refractivity contribution is 6.20. The molecule has 0 unspecified atom stereocenters. The SMILES string of the molecule is COCC(=O)C(=Cc1ccc(F)c(F)c1)C(=O)O. The Hall–Kier alpha value is -2.08. The zero-order valence-electron chi connectivity index (χ0n) is 9.44. The van der Waals surface area contributed by atoms with Crippen LogP contribution in [0, 0.1) is 11.6 Å². The summed E-state index contributed by atoms with van der Waals surface area (Å²) in [6, 6.07) is 2.82. The zero-order valence-corrected chi connectivity index (χ0v) is 9.44. The first-order chi connectivity index (χ1) is 8.45. The molecule has 0 aliphatic rings. The third-order valence-electron chi connectivity index (χ3n) is 2.06. The van der Waals surface area contributed by atoms with Gasteiger partial charge in [0, 0.05) is 7.11 Å². The standard InChI is InChI=1S/C12H10F2O4/c1-18-6-11(15)8(12(16)17)4-7-2-3-9(13)10(14)5-7/h2-5H,6H2,1H3,(H,16,17). The van der Waals surface area contributed by atoms with Crippen molar-refractivity contribution >= 4 is 17.8 Å². The van der Waals surface area contributed by atoms with Gasteiger partial charge in [-0.1, -0.05) is 6.07 Å². The number of halogens is 2. The van der Waals surface area contributed by atoms with Crippen LogP contribution in [0.2, 0.25) is 0 Å². The molecule has 0 saturated heterocycles. The summed E-state index contributed by atoms with van der Waals surface area (Å²) in [5.74, 6) is -4.38. The predicted octanol–water partition coefficient (Wildman–Crippen LogP) is 1.65. The molecule has 0 aliphatic carbocycles. The maximum atomic E-state index is 12.9. The van der Waals surface area contributed by atoms with Crippen molar-refractivity contribution in [3.8, 4) is 0 Å². The van der Waals surface area contributed by atoms with Gasteiger partial charge in [0.15, 0.2) is 17.4 Å². The first-order valence-electron chi connectivity index (χ1n) is 4.88. The van der Waals surface area contributed by atoms with Crippen LogP contribution in [0.5, 0.6) is 0 Å². The van der Waals surface area contributed by atoms with E-state index < -0.39 is 35.6 Å².